The first-order chi connectivity index (χ1) is 12.8. The van der Waals surface area contributed by atoms with Gasteiger partial charge in [0.2, 0.25) is 5.91 Å². The maximum Gasteiger partial charge on any atom is 0.327 e. The largest absolute Gasteiger partial charge is 0.468 e. The maximum absolute atomic E-state index is 13.0. The van der Waals surface area contributed by atoms with E-state index in [4.69, 9.17) is 4.74 Å². The van der Waals surface area contributed by atoms with Crippen LogP contribution in [-0.2, 0) is 14.3 Å². The van der Waals surface area contributed by atoms with Crippen LogP contribution in [-0.4, -0.2) is 42.3 Å². The average Bonchev–Trinajstić information content (AvgIpc) is 2.93. The van der Waals surface area contributed by atoms with E-state index < -0.39 is 5.97 Å². The molecule has 0 saturated heterocycles. The first-order valence-electron chi connectivity index (χ1n) is 8.27. The van der Waals surface area contributed by atoms with Crippen LogP contribution in [0.2, 0.25) is 0 Å². The van der Waals surface area contributed by atoms with Gasteiger partial charge in [0.1, 0.15) is 6.54 Å². The Hall–Kier alpha value is -3.42. The van der Waals surface area contributed by atoms with Crippen LogP contribution >= 0.6 is 0 Å². The number of hydrogen-bond donors (Lipinski definition) is 1. The lowest BCUT2D eigenvalue weighted by Crippen LogP contribution is -2.45. The second-order valence-corrected chi connectivity index (χ2v) is 5.87. The number of aromatic nitrogens is 1. The van der Waals surface area contributed by atoms with Gasteiger partial charge in [0.05, 0.1) is 13.3 Å². The van der Waals surface area contributed by atoms with Crippen LogP contribution in [0, 0.1) is 13.8 Å². The second-order valence-electron chi connectivity index (χ2n) is 5.87. The lowest BCUT2D eigenvalue weighted by molar-refractivity contribution is -0.139. The van der Waals surface area contributed by atoms with E-state index in [9.17, 15) is 14.4 Å². The summed E-state index contributed by atoms with van der Waals surface area (Å²) in [5, 5.41) is 5.18. The Kier molecular flexibility index (Phi) is 6.48. The maximum atomic E-state index is 13.0. The number of carbonyl (C=O) groups excluding carboxylic acids is 3. The third-order valence-electron chi connectivity index (χ3n) is 3.86. The van der Waals surface area contributed by atoms with E-state index in [-0.39, 0.29) is 18.4 Å². The molecule has 2 rings (SSSR count). The Morgan fingerprint density at radius 2 is 1.89 bits per heavy atom. The molecule has 8 nitrogen and oxygen atoms in total. The van der Waals surface area contributed by atoms with E-state index in [1.807, 2.05) is 19.1 Å². The van der Waals surface area contributed by atoms with Crippen molar-refractivity contribution in [2.75, 3.05) is 18.7 Å². The van der Waals surface area contributed by atoms with Gasteiger partial charge >= 0.3 is 5.97 Å². The highest BCUT2D eigenvalue weighted by atomic mass is 16.5. The summed E-state index contributed by atoms with van der Waals surface area (Å²) in [4.78, 5) is 35.9. The molecular weight excluding hydrogens is 348 g/mol. The van der Waals surface area contributed by atoms with Gasteiger partial charge in [-0.25, -0.2) is 10.4 Å². The zero-order valence-electron chi connectivity index (χ0n) is 15.7. The summed E-state index contributed by atoms with van der Waals surface area (Å²) >= 11 is 0. The minimum atomic E-state index is -0.541. The molecule has 0 fully saturated rings. The van der Waals surface area contributed by atoms with Gasteiger partial charge in [-0.05, 0) is 32.0 Å². The first kappa shape index (κ1) is 19.9. The summed E-state index contributed by atoms with van der Waals surface area (Å²) in [5.74, 6) is -1.17. The number of carbonyl (C=O) groups is 3. The summed E-state index contributed by atoms with van der Waals surface area (Å²) in [5.41, 5.74) is 4.90. The molecule has 0 unspecified atom stereocenters. The number of nitrogens with one attached hydrogen (secondary N) is 1. The van der Waals surface area contributed by atoms with E-state index >= 15 is 0 Å². The quantitative estimate of drug-likeness (QED) is 0.474. The van der Waals surface area contributed by atoms with Crippen molar-refractivity contribution in [3.8, 4) is 0 Å². The Balaban J connectivity index is 2.45. The second kappa shape index (κ2) is 8.79. The Labute approximate surface area is 157 Å². The fourth-order valence-electron chi connectivity index (χ4n) is 2.62. The highest BCUT2D eigenvalue weighted by Crippen LogP contribution is 2.16. The molecule has 1 N–H and O–H groups in total. The first-order valence-corrected chi connectivity index (χ1v) is 8.27. The number of hydrazone groups is 1. The van der Waals surface area contributed by atoms with E-state index in [2.05, 4.69) is 10.5 Å². The highest BCUT2D eigenvalue weighted by molar-refractivity contribution is 6.04. The molecule has 0 radical (unpaired) electrons. The predicted molar refractivity (Wildman–Crippen MR) is 101 cm³/mol. The number of methoxy groups -OCH3 is 1. The standard InChI is InChI=1S/C19H22N4O4/c1-13-10-17(11-20-21-15(3)24)14(2)23(13)22(12-18(25)27-4)19(26)16-8-6-5-7-9-16/h5-11H,12H2,1-4H3,(H,21,24)/b20-11-. The molecule has 0 bridgehead atoms. The van der Waals surface area contributed by atoms with Crippen molar-refractivity contribution in [3.05, 3.63) is 58.9 Å². The number of ether oxygens (including phenoxy) is 1. The van der Waals surface area contributed by atoms with Crippen LogP contribution in [0.5, 0.6) is 0 Å². The predicted octanol–water partition coefficient (Wildman–Crippen LogP) is 1.53. The molecule has 1 aromatic carbocycles. The van der Waals surface area contributed by atoms with Crippen LogP contribution < -0.4 is 10.4 Å². The molecule has 142 valence electrons. The van der Waals surface area contributed by atoms with E-state index in [0.29, 0.717) is 16.8 Å². The molecular formula is C19H22N4O4. The van der Waals surface area contributed by atoms with Crippen molar-refractivity contribution < 1.29 is 19.1 Å². The molecule has 0 atom stereocenters. The van der Waals surface area contributed by atoms with Crippen LogP contribution in [0.3, 0.4) is 0 Å². The summed E-state index contributed by atoms with van der Waals surface area (Å²) in [6, 6.07) is 10.5. The molecule has 1 aromatic heterocycles. The fraction of sp³-hybridized carbons (Fsp3) is 0.263. The molecule has 0 spiro atoms. The number of hydrogen-bond acceptors (Lipinski definition) is 5. The Morgan fingerprint density at radius 3 is 2.48 bits per heavy atom. The van der Waals surface area contributed by atoms with Gasteiger partial charge in [-0.1, -0.05) is 18.2 Å². The molecule has 0 saturated carbocycles. The highest BCUT2D eigenvalue weighted by Gasteiger charge is 2.24. The van der Waals surface area contributed by atoms with Gasteiger partial charge in [-0.2, -0.15) is 5.10 Å². The van der Waals surface area contributed by atoms with Gasteiger partial charge in [0, 0.05) is 29.4 Å². The van der Waals surface area contributed by atoms with E-state index in [0.717, 1.165) is 5.69 Å². The number of aryl methyl sites for hydroxylation is 1. The number of amides is 2. The number of rotatable bonds is 6. The molecule has 8 heteroatoms. The monoisotopic (exact) mass is 370 g/mol. The van der Waals surface area contributed by atoms with Gasteiger partial charge in [-0.3, -0.25) is 19.1 Å². The molecule has 0 aliphatic heterocycles. The average molecular weight is 370 g/mol. The summed E-state index contributed by atoms with van der Waals surface area (Å²) in [7, 11) is 1.27. The Bertz CT molecular complexity index is 871. The minimum Gasteiger partial charge on any atom is -0.468 e. The molecule has 0 aliphatic carbocycles. The van der Waals surface area contributed by atoms with Crippen molar-refractivity contribution in [1.29, 1.82) is 0 Å². The molecule has 2 amide bonds. The molecule has 0 aliphatic rings. The van der Waals surface area contributed by atoms with Crippen molar-refractivity contribution in [3.63, 3.8) is 0 Å². The van der Waals surface area contributed by atoms with Gasteiger partial charge in [-0.15, -0.1) is 0 Å². The summed E-state index contributed by atoms with van der Waals surface area (Å²) in [6.45, 7) is 4.72. The fourth-order valence-corrected chi connectivity index (χ4v) is 2.62. The molecule has 1 heterocycles. The normalized spacial score (nSPS) is 10.7. The van der Waals surface area contributed by atoms with Crippen molar-refractivity contribution in [1.82, 2.24) is 10.1 Å². The molecule has 2 aromatic rings. The lowest BCUT2D eigenvalue weighted by Gasteiger charge is -2.26. The SMILES string of the molecule is COC(=O)CN(C(=O)c1ccccc1)n1c(C)cc(/C=N\NC(C)=O)c1C. The third-order valence-corrected chi connectivity index (χ3v) is 3.86. The lowest BCUT2D eigenvalue weighted by atomic mass is 10.2. The van der Waals surface area contributed by atoms with Gasteiger partial charge in [0.25, 0.3) is 5.91 Å². The minimum absolute atomic E-state index is 0.247. The molecule has 27 heavy (non-hydrogen) atoms. The van der Waals surface area contributed by atoms with E-state index in [1.165, 1.54) is 25.3 Å². The van der Waals surface area contributed by atoms with E-state index in [1.54, 1.807) is 35.9 Å². The number of benzene rings is 1. The summed E-state index contributed by atoms with van der Waals surface area (Å²) in [6.07, 6.45) is 1.49. The topological polar surface area (TPSA) is 93.0 Å². The van der Waals surface area contributed by atoms with Crippen LogP contribution in [0.4, 0.5) is 0 Å². The van der Waals surface area contributed by atoms with Crippen molar-refractivity contribution in [2.24, 2.45) is 5.10 Å². The zero-order valence-corrected chi connectivity index (χ0v) is 15.7. The smallest absolute Gasteiger partial charge is 0.327 e. The number of esters is 1. The zero-order chi connectivity index (χ0) is 20.0. The summed E-state index contributed by atoms with van der Waals surface area (Å²) < 4.78 is 6.39. The third kappa shape index (κ3) is 4.81. The van der Waals surface area contributed by atoms with Crippen LogP contribution in [0.1, 0.15) is 34.2 Å². The van der Waals surface area contributed by atoms with Crippen LogP contribution in [0.25, 0.3) is 0 Å². The van der Waals surface area contributed by atoms with Gasteiger partial charge < -0.3 is 4.74 Å². The van der Waals surface area contributed by atoms with Crippen molar-refractivity contribution in [2.45, 2.75) is 20.8 Å². The number of nitrogens with zero attached hydrogens (tertiary/aromatic N) is 3. The van der Waals surface area contributed by atoms with Gasteiger partial charge in [0.15, 0.2) is 0 Å². The Morgan fingerprint density at radius 1 is 1.22 bits per heavy atom. The van der Waals surface area contributed by atoms with Crippen LogP contribution in [0.15, 0.2) is 41.5 Å². The van der Waals surface area contributed by atoms with Crippen molar-refractivity contribution >= 4 is 24.0 Å².